The van der Waals surface area contributed by atoms with Crippen LogP contribution in [0.25, 0.3) is 0 Å². The van der Waals surface area contributed by atoms with E-state index >= 15 is 0 Å². The topological polar surface area (TPSA) is 40.5 Å². The van der Waals surface area contributed by atoms with Gasteiger partial charge in [-0.15, -0.1) is 0 Å². The average molecular weight is 287 g/mol. The van der Waals surface area contributed by atoms with Gasteiger partial charge in [0.1, 0.15) is 0 Å². The zero-order valence-corrected chi connectivity index (χ0v) is 12.8. The van der Waals surface area contributed by atoms with Crippen molar-refractivity contribution in [2.75, 3.05) is 6.54 Å². The Morgan fingerprint density at radius 1 is 1.24 bits per heavy atom. The van der Waals surface area contributed by atoms with Crippen LogP contribution in [0.4, 0.5) is 0 Å². The van der Waals surface area contributed by atoms with Crippen molar-refractivity contribution in [3.8, 4) is 0 Å². The Morgan fingerprint density at radius 2 is 2.00 bits per heavy atom. The van der Waals surface area contributed by atoms with Crippen molar-refractivity contribution in [1.29, 1.82) is 0 Å². The normalized spacial score (nSPS) is 26.3. The van der Waals surface area contributed by atoms with E-state index in [1.165, 1.54) is 43.2 Å². The van der Waals surface area contributed by atoms with Gasteiger partial charge in [0.05, 0.1) is 5.56 Å². The number of carboxylic acids is 1. The van der Waals surface area contributed by atoms with Crippen molar-refractivity contribution in [2.24, 2.45) is 5.92 Å². The molecule has 0 saturated heterocycles. The first-order chi connectivity index (χ1) is 10.2. The Morgan fingerprint density at radius 3 is 2.67 bits per heavy atom. The van der Waals surface area contributed by atoms with Crippen molar-refractivity contribution < 1.29 is 9.90 Å². The summed E-state index contributed by atoms with van der Waals surface area (Å²) in [5.74, 6) is 0.107. The molecular weight excluding hydrogens is 262 g/mol. The molecule has 1 aliphatic carbocycles. The molecule has 2 aliphatic rings. The summed E-state index contributed by atoms with van der Waals surface area (Å²) in [5, 5.41) is 9.14. The summed E-state index contributed by atoms with van der Waals surface area (Å²) >= 11 is 0. The third kappa shape index (κ3) is 3.13. The number of fused-ring (bicyclic) bond motifs is 1. The van der Waals surface area contributed by atoms with E-state index in [4.69, 9.17) is 5.11 Å². The van der Waals surface area contributed by atoms with Gasteiger partial charge < -0.3 is 5.11 Å². The van der Waals surface area contributed by atoms with Gasteiger partial charge in [0.15, 0.2) is 0 Å². The minimum absolute atomic E-state index is 0.422. The van der Waals surface area contributed by atoms with E-state index in [9.17, 15) is 4.79 Å². The third-order valence-corrected chi connectivity index (χ3v) is 5.41. The molecule has 1 aromatic rings. The zero-order chi connectivity index (χ0) is 14.8. The van der Waals surface area contributed by atoms with Crippen LogP contribution in [0.1, 0.15) is 60.5 Å². The van der Waals surface area contributed by atoms with Crippen molar-refractivity contribution in [2.45, 2.75) is 58.0 Å². The fourth-order valence-corrected chi connectivity index (χ4v) is 3.94. The molecule has 0 aromatic heterocycles. The van der Waals surface area contributed by atoms with E-state index in [2.05, 4.69) is 11.8 Å². The van der Waals surface area contributed by atoms with Crippen LogP contribution in [0, 0.1) is 5.92 Å². The molecule has 0 amide bonds. The lowest BCUT2D eigenvalue weighted by molar-refractivity contribution is 0.0696. The van der Waals surface area contributed by atoms with Crippen LogP contribution < -0.4 is 0 Å². The van der Waals surface area contributed by atoms with Crippen LogP contribution in [-0.4, -0.2) is 28.6 Å². The van der Waals surface area contributed by atoms with Gasteiger partial charge in [-0.25, -0.2) is 4.79 Å². The van der Waals surface area contributed by atoms with Crippen LogP contribution in [0.2, 0.25) is 0 Å². The second kappa shape index (κ2) is 6.18. The Labute approximate surface area is 127 Å². The molecule has 3 rings (SSSR count). The molecule has 0 bridgehead atoms. The lowest BCUT2D eigenvalue weighted by atomic mass is 9.83. The summed E-state index contributed by atoms with van der Waals surface area (Å²) in [6.45, 7) is 4.36. The van der Waals surface area contributed by atoms with Crippen molar-refractivity contribution in [3.63, 3.8) is 0 Å². The van der Waals surface area contributed by atoms with E-state index in [-0.39, 0.29) is 0 Å². The standard InChI is InChI=1S/C18H25NO2/c1-2-13-3-7-17(8-4-13)19-10-9-14-5-6-15(18(20)21)11-16(14)12-19/h5-6,11,13,17H,2-4,7-10,12H2,1H3,(H,20,21). The number of rotatable bonds is 3. The average Bonchev–Trinajstić information content (AvgIpc) is 2.54. The third-order valence-electron chi connectivity index (χ3n) is 5.41. The number of carbonyl (C=O) groups is 1. The summed E-state index contributed by atoms with van der Waals surface area (Å²) in [7, 11) is 0. The summed E-state index contributed by atoms with van der Waals surface area (Å²) in [6.07, 6.45) is 7.72. The smallest absolute Gasteiger partial charge is 0.335 e. The van der Waals surface area contributed by atoms with E-state index in [1.54, 1.807) is 6.07 Å². The first kappa shape index (κ1) is 14.6. The predicted molar refractivity (Wildman–Crippen MR) is 83.6 cm³/mol. The largest absolute Gasteiger partial charge is 0.478 e. The van der Waals surface area contributed by atoms with Gasteiger partial charge >= 0.3 is 5.97 Å². The highest BCUT2D eigenvalue weighted by Gasteiger charge is 2.27. The second-order valence-electron chi connectivity index (χ2n) is 6.59. The number of aromatic carboxylic acids is 1. The minimum Gasteiger partial charge on any atom is -0.478 e. The van der Waals surface area contributed by atoms with Gasteiger partial charge in [0, 0.05) is 19.1 Å². The van der Waals surface area contributed by atoms with Crippen molar-refractivity contribution in [3.05, 3.63) is 34.9 Å². The van der Waals surface area contributed by atoms with Crippen molar-refractivity contribution >= 4 is 5.97 Å². The van der Waals surface area contributed by atoms with E-state index < -0.39 is 5.97 Å². The predicted octanol–water partition coefficient (Wildman–Crippen LogP) is 3.71. The first-order valence-corrected chi connectivity index (χ1v) is 8.26. The monoisotopic (exact) mass is 287 g/mol. The molecular formula is C18H25NO2. The van der Waals surface area contributed by atoms with Gasteiger partial charge in [-0.2, -0.15) is 0 Å². The highest BCUT2D eigenvalue weighted by molar-refractivity contribution is 5.87. The fourth-order valence-electron chi connectivity index (χ4n) is 3.94. The Hall–Kier alpha value is -1.35. The second-order valence-corrected chi connectivity index (χ2v) is 6.59. The van der Waals surface area contributed by atoms with E-state index in [1.807, 2.05) is 12.1 Å². The molecule has 114 valence electrons. The molecule has 1 heterocycles. The number of hydrogen-bond acceptors (Lipinski definition) is 2. The Balaban J connectivity index is 1.69. The molecule has 21 heavy (non-hydrogen) atoms. The summed E-state index contributed by atoms with van der Waals surface area (Å²) in [5.41, 5.74) is 2.97. The SMILES string of the molecule is CCC1CCC(N2CCc3ccc(C(=O)O)cc3C2)CC1. The van der Waals surface area contributed by atoms with Gasteiger partial charge in [-0.05, 0) is 61.3 Å². The minimum atomic E-state index is -0.821. The molecule has 0 unspecified atom stereocenters. The summed E-state index contributed by atoms with van der Waals surface area (Å²) in [6, 6.07) is 6.32. The highest BCUT2D eigenvalue weighted by Crippen LogP contribution is 2.32. The molecule has 1 saturated carbocycles. The summed E-state index contributed by atoms with van der Waals surface area (Å²) < 4.78 is 0. The first-order valence-electron chi connectivity index (χ1n) is 8.26. The molecule has 3 nitrogen and oxygen atoms in total. The number of benzene rings is 1. The van der Waals surface area contributed by atoms with Gasteiger partial charge in [0.2, 0.25) is 0 Å². The molecule has 1 aliphatic heterocycles. The van der Waals surface area contributed by atoms with E-state index in [0.717, 1.165) is 25.4 Å². The molecule has 1 N–H and O–H groups in total. The lowest BCUT2D eigenvalue weighted by Crippen LogP contribution is -2.41. The molecule has 3 heteroatoms. The number of hydrogen-bond donors (Lipinski definition) is 1. The summed E-state index contributed by atoms with van der Waals surface area (Å²) in [4.78, 5) is 13.7. The Bertz CT molecular complexity index is 518. The van der Waals surface area contributed by atoms with Crippen LogP contribution in [0.5, 0.6) is 0 Å². The van der Waals surface area contributed by atoms with Crippen LogP contribution in [-0.2, 0) is 13.0 Å². The van der Waals surface area contributed by atoms with Crippen molar-refractivity contribution in [1.82, 2.24) is 4.90 Å². The van der Waals surface area contributed by atoms with Gasteiger partial charge in [0.25, 0.3) is 0 Å². The maximum absolute atomic E-state index is 11.1. The highest BCUT2D eigenvalue weighted by atomic mass is 16.4. The molecule has 1 fully saturated rings. The van der Waals surface area contributed by atoms with Crippen LogP contribution >= 0.6 is 0 Å². The number of nitrogens with zero attached hydrogens (tertiary/aromatic N) is 1. The fraction of sp³-hybridized carbons (Fsp3) is 0.611. The van der Waals surface area contributed by atoms with Gasteiger partial charge in [-0.1, -0.05) is 19.4 Å². The zero-order valence-electron chi connectivity index (χ0n) is 12.8. The maximum Gasteiger partial charge on any atom is 0.335 e. The van der Waals surface area contributed by atoms with E-state index in [0.29, 0.717) is 11.6 Å². The van der Waals surface area contributed by atoms with Gasteiger partial charge in [-0.3, -0.25) is 4.90 Å². The lowest BCUT2D eigenvalue weighted by Gasteiger charge is -2.39. The Kier molecular flexibility index (Phi) is 4.29. The molecule has 0 radical (unpaired) electrons. The maximum atomic E-state index is 11.1. The van der Waals surface area contributed by atoms with Crippen LogP contribution in [0.15, 0.2) is 18.2 Å². The molecule has 1 aromatic carbocycles. The molecule has 0 atom stereocenters. The molecule has 0 spiro atoms. The quantitative estimate of drug-likeness (QED) is 0.921. The van der Waals surface area contributed by atoms with Crippen LogP contribution in [0.3, 0.4) is 0 Å². The number of carboxylic acid groups (broad SMARTS) is 1.